The molecule has 0 saturated heterocycles. The van der Waals surface area contributed by atoms with Gasteiger partial charge in [-0.15, -0.1) is 0 Å². The summed E-state index contributed by atoms with van der Waals surface area (Å²) < 4.78 is 0. The summed E-state index contributed by atoms with van der Waals surface area (Å²) in [5, 5.41) is 8.84. The van der Waals surface area contributed by atoms with Crippen molar-refractivity contribution in [3.63, 3.8) is 0 Å². The summed E-state index contributed by atoms with van der Waals surface area (Å²) in [4.78, 5) is 10.7. The maximum Gasteiger partial charge on any atom is 0.313 e. The number of hydrogen-bond acceptors (Lipinski definition) is 1. The van der Waals surface area contributed by atoms with Gasteiger partial charge in [-0.2, -0.15) is 0 Å². The maximum absolute atomic E-state index is 10.7. The molecule has 2 nitrogen and oxygen atoms in total. The molecule has 1 atom stereocenters. The highest BCUT2D eigenvalue weighted by Crippen LogP contribution is 2.30. The van der Waals surface area contributed by atoms with E-state index in [-0.39, 0.29) is 0 Å². The van der Waals surface area contributed by atoms with Crippen LogP contribution in [0.25, 0.3) is 0 Å². The first-order valence-electron chi connectivity index (χ1n) is 3.63. The molecule has 1 rings (SSSR count). The summed E-state index contributed by atoms with van der Waals surface area (Å²) in [6.07, 6.45) is 6.12. The molecule has 1 N–H and O–H groups in total. The lowest BCUT2D eigenvalue weighted by Crippen LogP contribution is -2.26. The van der Waals surface area contributed by atoms with Crippen LogP contribution in [0.5, 0.6) is 0 Å². The Morgan fingerprint density at radius 2 is 2.36 bits per heavy atom. The van der Waals surface area contributed by atoms with Gasteiger partial charge in [-0.1, -0.05) is 23.8 Å². The van der Waals surface area contributed by atoms with Crippen LogP contribution in [0.3, 0.4) is 0 Å². The predicted octanol–water partition coefficient (Wildman–Crippen LogP) is 1.98. The molecule has 0 amide bonds. The number of carboxylic acid groups (broad SMARTS) is 1. The lowest BCUT2D eigenvalue weighted by Gasteiger charge is -2.23. The van der Waals surface area contributed by atoms with Crippen molar-refractivity contribution in [2.45, 2.75) is 20.3 Å². The van der Waals surface area contributed by atoms with E-state index in [1.807, 2.05) is 19.1 Å². The van der Waals surface area contributed by atoms with Crippen LogP contribution in [0.2, 0.25) is 0 Å². The summed E-state index contributed by atoms with van der Waals surface area (Å²) in [5.41, 5.74) is 0.441. The van der Waals surface area contributed by atoms with Gasteiger partial charge in [0.25, 0.3) is 0 Å². The van der Waals surface area contributed by atoms with E-state index in [9.17, 15) is 4.79 Å². The zero-order valence-corrected chi connectivity index (χ0v) is 6.79. The molecule has 0 bridgehead atoms. The molecule has 1 aliphatic carbocycles. The summed E-state index contributed by atoms with van der Waals surface area (Å²) in [6, 6.07) is 0. The van der Waals surface area contributed by atoms with Crippen LogP contribution in [-0.4, -0.2) is 11.1 Å². The van der Waals surface area contributed by atoms with Gasteiger partial charge in [0.15, 0.2) is 0 Å². The first-order valence-corrected chi connectivity index (χ1v) is 3.63. The molecule has 0 aliphatic heterocycles. The van der Waals surface area contributed by atoms with Crippen LogP contribution in [0.1, 0.15) is 20.3 Å². The molecule has 2 heteroatoms. The Bertz CT molecular complexity index is 238. The van der Waals surface area contributed by atoms with E-state index >= 15 is 0 Å². The molecule has 1 aliphatic rings. The van der Waals surface area contributed by atoms with E-state index in [0.29, 0.717) is 6.42 Å². The lowest BCUT2D eigenvalue weighted by atomic mass is 9.81. The van der Waals surface area contributed by atoms with Crippen LogP contribution < -0.4 is 0 Å². The molecule has 0 aromatic heterocycles. The first kappa shape index (κ1) is 8.05. The fourth-order valence-corrected chi connectivity index (χ4v) is 1.27. The standard InChI is InChI=1S/C9H12O2/c1-7-4-3-5-9(2,6-7)8(10)11/h3-5H,6H2,1-2H3,(H,10,11). The third kappa shape index (κ3) is 1.50. The molecule has 0 saturated carbocycles. The van der Waals surface area contributed by atoms with Crippen molar-refractivity contribution in [1.82, 2.24) is 0 Å². The van der Waals surface area contributed by atoms with Gasteiger partial charge in [-0.25, -0.2) is 0 Å². The second-order valence-electron chi connectivity index (χ2n) is 3.27. The second kappa shape index (κ2) is 2.53. The number of rotatable bonds is 1. The zero-order valence-electron chi connectivity index (χ0n) is 6.79. The van der Waals surface area contributed by atoms with Crippen LogP contribution in [0.4, 0.5) is 0 Å². The van der Waals surface area contributed by atoms with E-state index in [0.717, 1.165) is 5.57 Å². The summed E-state index contributed by atoms with van der Waals surface area (Å²) >= 11 is 0. The SMILES string of the molecule is CC1=CC=CC(C)(C(=O)O)C1. The van der Waals surface area contributed by atoms with Gasteiger partial charge in [0.2, 0.25) is 0 Å². The molecule has 0 aromatic carbocycles. The van der Waals surface area contributed by atoms with E-state index < -0.39 is 11.4 Å². The lowest BCUT2D eigenvalue weighted by molar-refractivity contribution is -0.145. The van der Waals surface area contributed by atoms with Gasteiger partial charge in [-0.05, 0) is 20.3 Å². The number of carboxylic acids is 1. The fourth-order valence-electron chi connectivity index (χ4n) is 1.27. The Kier molecular flexibility index (Phi) is 1.85. The van der Waals surface area contributed by atoms with Crippen molar-refractivity contribution in [2.24, 2.45) is 5.41 Å². The largest absolute Gasteiger partial charge is 0.481 e. The highest BCUT2D eigenvalue weighted by Gasteiger charge is 2.31. The monoisotopic (exact) mass is 152 g/mol. The zero-order chi connectivity index (χ0) is 8.48. The third-order valence-electron chi connectivity index (χ3n) is 1.98. The van der Waals surface area contributed by atoms with Gasteiger partial charge < -0.3 is 5.11 Å². The van der Waals surface area contributed by atoms with E-state index in [1.54, 1.807) is 13.0 Å². The van der Waals surface area contributed by atoms with E-state index in [2.05, 4.69) is 0 Å². The minimum atomic E-state index is -0.749. The molecule has 1 unspecified atom stereocenters. The van der Waals surface area contributed by atoms with Crippen LogP contribution in [0, 0.1) is 5.41 Å². The second-order valence-corrected chi connectivity index (χ2v) is 3.27. The molecular formula is C9H12O2. The van der Waals surface area contributed by atoms with Crippen molar-refractivity contribution in [1.29, 1.82) is 0 Å². The number of hydrogen-bond donors (Lipinski definition) is 1. The summed E-state index contributed by atoms with van der Waals surface area (Å²) in [5.74, 6) is -0.749. The van der Waals surface area contributed by atoms with Crippen molar-refractivity contribution in [3.8, 4) is 0 Å². The summed E-state index contributed by atoms with van der Waals surface area (Å²) in [6.45, 7) is 3.69. The normalized spacial score (nSPS) is 29.8. The van der Waals surface area contributed by atoms with Crippen LogP contribution >= 0.6 is 0 Å². The van der Waals surface area contributed by atoms with Gasteiger partial charge in [0.1, 0.15) is 0 Å². The van der Waals surface area contributed by atoms with E-state index in [1.165, 1.54) is 0 Å². The molecule has 60 valence electrons. The fraction of sp³-hybridized carbons (Fsp3) is 0.444. The number of allylic oxidation sites excluding steroid dienone is 3. The number of aliphatic carboxylic acids is 1. The van der Waals surface area contributed by atoms with Gasteiger partial charge in [0.05, 0.1) is 5.41 Å². The van der Waals surface area contributed by atoms with Crippen molar-refractivity contribution >= 4 is 5.97 Å². The average molecular weight is 152 g/mol. The van der Waals surface area contributed by atoms with E-state index in [4.69, 9.17) is 5.11 Å². The molecule has 11 heavy (non-hydrogen) atoms. The van der Waals surface area contributed by atoms with Gasteiger partial charge >= 0.3 is 5.97 Å². The predicted molar refractivity (Wildman–Crippen MR) is 43.3 cm³/mol. The minimum absolute atomic E-state index is 0.624. The molecule has 0 aromatic rings. The Labute approximate surface area is 66.2 Å². The van der Waals surface area contributed by atoms with Gasteiger partial charge in [0, 0.05) is 0 Å². The smallest absolute Gasteiger partial charge is 0.313 e. The third-order valence-corrected chi connectivity index (χ3v) is 1.98. The molecule has 0 heterocycles. The Morgan fingerprint density at radius 3 is 2.73 bits per heavy atom. The first-order chi connectivity index (χ1) is 5.04. The Morgan fingerprint density at radius 1 is 1.73 bits per heavy atom. The maximum atomic E-state index is 10.7. The molecular weight excluding hydrogens is 140 g/mol. The van der Waals surface area contributed by atoms with Crippen LogP contribution in [0.15, 0.2) is 23.8 Å². The Balaban J connectivity index is 2.86. The quantitative estimate of drug-likeness (QED) is 0.623. The summed E-state index contributed by atoms with van der Waals surface area (Å²) in [7, 11) is 0. The van der Waals surface area contributed by atoms with Crippen LogP contribution in [-0.2, 0) is 4.79 Å². The highest BCUT2D eigenvalue weighted by atomic mass is 16.4. The number of carbonyl (C=O) groups is 1. The molecule has 0 radical (unpaired) electrons. The minimum Gasteiger partial charge on any atom is -0.481 e. The average Bonchev–Trinajstić information content (AvgIpc) is 1.86. The molecule has 0 spiro atoms. The van der Waals surface area contributed by atoms with Crippen molar-refractivity contribution < 1.29 is 9.90 Å². The van der Waals surface area contributed by atoms with Gasteiger partial charge in [-0.3, -0.25) is 4.79 Å². The Hall–Kier alpha value is -1.05. The topological polar surface area (TPSA) is 37.3 Å². The highest BCUT2D eigenvalue weighted by molar-refractivity contribution is 5.77. The van der Waals surface area contributed by atoms with Crippen molar-refractivity contribution in [2.75, 3.05) is 0 Å². The van der Waals surface area contributed by atoms with Crippen molar-refractivity contribution in [3.05, 3.63) is 23.8 Å². The molecule has 0 fully saturated rings.